The van der Waals surface area contributed by atoms with Crippen LogP contribution in [-0.4, -0.2) is 30.7 Å². The third-order valence-electron chi connectivity index (χ3n) is 2.51. The van der Waals surface area contributed by atoms with Crippen LogP contribution in [0.25, 0.3) is 0 Å². The smallest absolute Gasteiger partial charge is 0.239 e. The van der Waals surface area contributed by atoms with E-state index in [9.17, 15) is 9.59 Å². The molecule has 0 bridgehead atoms. The van der Waals surface area contributed by atoms with Crippen molar-refractivity contribution in [1.82, 2.24) is 10.6 Å². The lowest BCUT2D eigenvalue weighted by Crippen LogP contribution is -2.37. The molecule has 6 heteroatoms. The van der Waals surface area contributed by atoms with Gasteiger partial charge in [0.05, 0.1) is 12.3 Å². The van der Waals surface area contributed by atoms with Gasteiger partial charge in [-0.15, -0.1) is 11.8 Å². The van der Waals surface area contributed by atoms with Crippen LogP contribution in [0.3, 0.4) is 0 Å². The molecule has 0 unspecified atom stereocenters. The second kappa shape index (κ2) is 9.02. The number of nitrogens with one attached hydrogen (secondary N) is 2. The van der Waals surface area contributed by atoms with E-state index in [4.69, 9.17) is 0 Å². The maximum Gasteiger partial charge on any atom is 0.239 e. The van der Waals surface area contributed by atoms with E-state index < -0.39 is 0 Å². The van der Waals surface area contributed by atoms with Crippen LogP contribution in [0.2, 0.25) is 0 Å². The molecule has 20 heavy (non-hydrogen) atoms. The lowest BCUT2D eigenvalue weighted by molar-refractivity contribution is -0.124. The monoisotopic (exact) mass is 358 g/mol. The molecule has 110 valence electrons. The molecule has 1 rings (SSSR count). The molecule has 0 aliphatic carbocycles. The Kier molecular flexibility index (Phi) is 7.69. The van der Waals surface area contributed by atoms with Crippen molar-refractivity contribution in [2.24, 2.45) is 0 Å². The molecule has 1 aromatic rings. The summed E-state index contributed by atoms with van der Waals surface area (Å²) in [4.78, 5) is 24.1. The first-order valence-electron chi connectivity index (χ1n) is 6.45. The standard InChI is InChI=1S/C14H19BrN2O2S/c1-3-6-16-13(18)8-17-14(19)9-20-12-5-4-11(15)7-10(12)2/h4-5,7H,3,6,8-9H2,1-2H3,(H,16,18)(H,17,19). The third kappa shape index (κ3) is 6.43. The van der Waals surface area contributed by atoms with Gasteiger partial charge >= 0.3 is 0 Å². The molecule has 0 fully saturated rings. The van der Waals surface area contributed by atoms with Gasteiger partial charge in [-0.2, -0.15) is 0 Å². The van der Waals surface area contributed by atoms with E-state index in [0.29, 0.717) is 12.3 Å². The second-order valence-corrected chi connectivity index (χ2v) is 6.26. The molecule has 0 aromatic heterocycles. The summed E-state index contributed by atoms with van der Waals surface area (Å²) in [5.41, 5.74) is 1.12. The van der Waals surface area contributed by atoms with Gasteiger partial charge < -0.3 is 10.6 Å². The molecule has 0 spiro atoms. The molecule has 0 aliphatic rings. The van der Waals surface area contributed by atoms with Crippen LogP contribution in [0.15, 0.2) is 27.6 Å². The third-order valence-corrected chi connectivity index (χ3v) is 4.18. The Hall–Kier alpha value is -1.01. The normalized spacial score (nSPS) is 10.2. The summed E-state index contributed by atoms with van der Waals surface area (Å²) in [7, 11) is 0. The number of halogens is 1. The van der Waals surface area contributed by atoms with Gasteiger partial charge in [0.25, 0.3) is 0 Å². The topological polar surface area (TPSA) is 58.2 Å². The van der Waals surface area contributed by atoms with Gasteiger partial charge in [-0.1, -0.05) is 22.9 Å². The fourth-order valence-electron chi connectivity index (χ4n) is 1.47. The van der Waals surface area contributed by atoms with E-state index in [1.165, 1.54) is 11.8 Å². The molecular formula is C14H19BrN2O2S. The summed E-state index contributed by atoms with van der Waals surface area (Å²) in [5.74, 6) is 0.0257. The molecule has 2 N–H and O–H groups in total. The van der Waals surface area contributed by atoms with E-state index in [2.05, 4.69) is 26.6 Å². The Balaban J connectivity index is 2.31. The minimum Gasteiger partial charge on any atom is -0.355 e. The minimum absolute atomic E-state index is 0.0404. The molecule has 4 nitrogen and oxygen atoms in total. The Bertz CT molecular complexity index is 480. The fourth-order valence-corrected chi connectivity index (χ4v) is 2.79. The number of hydrogen-bond donors (Lipinski definition) is 2. The van der Waals surface area contributed by atoms with Crippen molar-refractivity contribution in [2.75, 3.05) is 18.8 Å². The average Bonchev–Trinajstić information content (AvgIpc) is 2.41. The highest BCUT2D eigenvalue weighted by atomic mass is 79.9. The van der Waals surface area contributed by atoms with Crippen molar-refractivity contribution in [2.45, 2.75) is 25.2 Å². The molecule has 0 aliphatic heterocycles. The molecule has 0 saturated carbocycles. The Morgan fingerprint density at radius 3 is 2.65 bits per heavy atom. The van der Waals surface area contributed by atoms with Gasteiger partial charge in [-0.3, -0.25) is 9.59 Å². The minimum atomic E-state index is -0.148. The lowest BCUT2D eigenvalue weighted by Gasteiger charge is -2.07. The van der Waals surface area contributed by atoms with Crippen LogP contribution in [0.5, 0.6) is 0 Å². The van der Waals surface area contributed by atoms with Gasteiger partial charge in [0.2, 0.25) is 11.8 Å². The van der Waals surface area contributed by atoms with Crippen molar-refractivity contribution in [1.29, 1.82) is 0 Å². The quantitative estimate of drug-likeness (QED) is 0.736. The van der Waals surface area contributed by atoms with Crippen molar-refractivity contribution < 1.29 is 9.59 Å². The largest absolute Gasteiger partial charge is 0.355 e. The molecule has 0 heterocycles. The maximum absolute atomic E-state index is 11.7. The molecule has 1 aromatic carbocycles. The highest BCUT2D eigenvalue weighted by Gasteiger charge is 2.07. The Morgan fingerprint density at radius 2 is 2.00 bits per heavy atom. The zero-order chi connectivity index (χ0) is 15.0. The summed E-state index contributed by atoms with van der Waals surface area (Å²) < 4.78 is 1.02. The highest BCUT2D eigenvalue weighted by Crippen LogP contribution is 2.24. The predicted molar refractivity (Wildman–Crippen MR) is 85.9 cm³/mol. The summed E-state index contributed by atoms with van der Waals surface area (Å²) in [6.45, 7) is 4.67. The predicted octanol–water partition coefficient (Wildman–Crippen LogP) is 2.49. The van der Waals surface area contributed by atoms with Crippen LogP contribution in [0.1, 0.15) is 18.9 Å². The van der Waals surface area contributed by atoms with Crippen LogP contribution >= 0.6 is 27.7 Å². The van der Waals surface area contributed by atoms with E-state index >= 15 is 0 Å². The van der Waals surface area contributed by atoms with E-state index in [1.54, 1.807) is 0 Å². The summed E-state index contributed by atoms with van der Waals surface area (Å²) >= 11 is 4.87. The number of carbonyl (C=O) groups excluding carboxylic acids is 2. The van der Waals surface area contributed by atoms with Crippen LogP contribution in [0, 0.1) is 6.92 Å². The van der Waals surface area contributed by atoms with Gasteiger partial charge in [0.15, 0.2) is 0 Å². The molecular weight excluding hydrogens is 340 g/mol. The van der Waals surface area contributed by atoms with Gasteiger partial charge in [-0.25, -0.2) is 0 Å². The first kappa shape index (κ1) is 17.0. The summed E-state index contributed by atoms with van der Waals surface area (Å²) in [5, 5.41) is 5.32. The van der Waals surface area contributed by atoms with Gasteiger partial charge in [-0.05, 0) is 37.1 Å². The number of benzene rings is 1. The Morgan fingerprint density at radius 1 is 1.25 bits per heavy atom. The fraction of sp³-hybridized carbons (Fsp3) is 0.429. The maximum atomic E-state index is 11.7. The molecule has 0 saturated heterocycles. The van der Waals surface area contributed by atoms with Crippen LogP contribution in [0.4, 0.5) is 0 Å². The van der Waals surface area contributed by atoms with E-state index in [1.807, 2.05) is 32.0 Å². The van der Waals surface area contributed by atoms with Crippen molar-refractivity contribution in [3.05, 3.63) is 28.2 Å². The zero-order valence-electron chi connectivity index (χ0n) is 11.7. The summed E-state index contributed by atoms with van der Waals surface area (Å²) in [6, 6.07) is 5.94. The van der Waals surface area contributed by atoms with Crippen LogP contribution < -0.4 is 10.6 Å². The zero-order valence-corrected chi connectivity index (χ0v) is 14.1. The lowest BCUT2D eigenvalue weighted by atomic mass is 10.2. The molecule has 0 radical (unpaired) electrons. The number of hydrogen-bond acceptors (Lipinski definition) is 3. The first-order valence-corrected chi connectivity index (χ1v) is 8.23. The number of carbonyl (C=O) groups is 2. The van der Waals surface area contributed by atoms with Crippen LogP contribution in [-0.2, 0) is 9.59 Å². The molecule has 0 atom stereocenters. The van der Waals surface area contributed by atoms with Gasteiger partial charge in [0, 0.05) is 15.9 Å². The number of aryl methyl sites for hydroxylation is 1. The second-order valence-electron chi connectivity index (χ2n) is 4.33. The van der Waals surface area contributed by atoms with E-state index in [-0.39, 0.29) is 18.4 Å². The SMILES string of the molecule is CCCNC(=O)CNC(=O)CSc1ccc(Br)cc1C. The molecule has 2 amide bonds. The van der Waals surface area contributed by atoms with Crippen molar-refractivity contribution in [3.8, 4) is 0 Å². The Labute approximate surface area is 132 Å². The number of amides is 2. The van der Waals surface area contributed by atoms with Crippen molar-refractivity contribution >= 4 is 39.5 Å². The van der Waals surface area contributed by atoms with Gasteiger partial charge in [0.1, 0.15) is 0 Å². The average molecular weight is 359 g/mol. The highest BCUT2D eigenvalue weighted by molar-refractivity contribution is 9.10. The number of rotatable bonds is 7. The first-order chi connectivity index (χ1) is 9.52. The summed E-state index contributed by atoms with van der Waals surface area (Å²) in [6.07, 6.45) is 0.887. The number of thioether (sulfide) groups is 1. The van der Waals surface area contributed by atoms with Crippen molar-refractivity contribution in [3.63, 3.8) is 0 Å². The van der Waals surface area contributed by atoms with E-state index in [0.717, 1.165) is 21.4 Å².